The fourth-order valence-electron chi connectivity index (χ4n) is 9.13. The first-order valence-electron chi connectivity index (χ1n) is 24.0. The SMILES string of the molecule is COCCOc1cccc(CN(C(=O)C2=C(c3ccc(CCCOc4c(F)ccc(F)c4Cl)cc3)CC3CN(C(=O)Oc4cccc(CO[N+](=O)[O-])c4)CC2N3C(=O)Oc2cccc(CO[N+](=O)[O-])c2)C2CC2)c1C. The second kappa shape index (κ2) is 24.3. The normalized spacial score (nSPS) is 16.0. The Morgan fingerprint density at radius 3 is 2.04 bits per heavy atom. The maximum absolute atomic E-state index is 15.8. The van der Waals surface area contributed by atoms with E-state index in [2.05, 4.69) is 9.68 Å². The number of hydrogen-bond acceptors (Lipinski definition) is 14. The van der Waals surface area contributed by atoms with E-state index in [4.69, 9.17) is 35.3 Å². The van der Waals surface area contributed by atoms with Crippen molar-refractivity contribution in [3.8, 4) is 23.0 Å². The molecule has 2 heterocycles. The molecule has 1 saturated heterocycles. The first-order valence-corrected chi connectivity index (χ1v) is 24.3. The molecule has 2 atom stereocenters. The number of piperazine rings is 1. The minimum absolute atomic E-state index is 0.0386. The number of rotatable bonds is 22. The maximum atomic E-state index is 15.8. The Hall–Kier alpha value is -8.04. The quantitative estimate of drug-likeness (QED) is 0.0273. The largest absolute Gasteiger partial charge is 0.491 e. The Bertz CT molecular complexity index is 2960. The fourth-order valence-corrected chi connectivity index (χ4v) is 9.33. The van der Waals surface area contributed by atoms with Gasteiger partial charge in [-0.1, -0.05) is 72.3 Å². The highest BCUT2D eigenvalue weighted by atomic mass is 35.5. The second-order valence-corrected chi connectivity index (χ2v) is 18.3. The van der Waals surface area contributed by atoms with Gasteiger partial charge in [0.05, 0.1) is 25.3 Å². The van der Waals surface area contributed by atoms with Gasteiger partial charge in [-0.25, -0.2) is 18.4 Å². The number of aryl methyl sites for hydroxylation is 1. The molecule has 1 aliphatic carbocycles. The van der Waals surface area contributed by atoms with Crippen molar-refractivity contribution in [2.75, 3.05) is 40.0 Å². The molecular weight excluding hydrogens is 1000 g/mol. The third-order valence-electron chi connectivity index (χ3n) is 12.9. The van der Waals surface area contributed by atoms with E-state index in [9.17, 15) is 38.6 Å². The molecule has 22 heteroatoms. The van der Waals surface area contributed by atoms with Crippen molar-refractivity contribution in [2.45, 2.75) is 76.9 Å². The van der Waals surface area contributed by atoms with Gasteiger partial charge in [0.1, 0.15) is 47.9 Å². The van der Waals surface area contributed by atoms with Crippen molar-refractivity contribution in [2.24, 2.45) is 0 Å². The number of nitrogens with zero attached hydrogens (tertiary/aromatic N) is 5. The number of benzene rings is 5. The summed E-state index contributed by atoms with van der Waals surface area (Å²) in [4.78, 5) is 80.4. The van der Waals surface area contributed by atoms with Crippen molar-refractivity contribution < 1.29 is 66.7 Å². The topological polar surface area (TPSA) is 212 Å². The smallest absolute Gasteiger partial charge is 0.416 e. The first kappa shape index (κ1) is 53.3. The summed E-state index contributed by atoms with van der Waals surface area (Å²) in [6.45, 7) is 1.71. The zero-order chi connectivity index (χ0) is 53.2. The summed E-state index contributed by atoms with van der Waals surface area (Å²) in [6, 6.07) is 25.0. The molecule has 2 aliphatic heterocycles. The molecule has 8 rings (SSSR count). The van der Waals surface area contributed by atoms with Crippen LogP contribution in [0.3, 0.4) is 0 Å². The first-order chi connectivity index (χ1) is 36.2. The molecule has 2 bridgehead atoms. The molecule has 75 heavy (non-hydrogen) atoms. The molecule has 3 aliphatic rings. The molecule has 5 aromatic rings. The number of halogens is 3. The highest BCUT2D eigenvalue weighted by Crippen LogP contribution is 2.42. The van der Waals surface area contributed by atoms with Crippen LogP contribution in [0.4, 0.5) is 18.4 Å². The third kappa shape index (κ3) is 13.4. The predicted octanol–water partition coefficient (Wildman–Crippen LogP) is 9.48. The fraction of sp³-hybridized carbons (Fsp3) is 0.340. The lowest BCUT2D eigenvalue weighted by Gasteiger charge is -2.50. The lowest BCUT2D eigenvalue weighted by atomic mass is 9.81. The van der Waals surface area contributed by atoms with Gasteiger partial charge in [-0.2, -0.15) is 0 Å². The van der Waals surface area contributed by atoms with Gasteiger partial charge >= 0.3 is 12.2 Å². The van der Waals surface area contributed by atoms with Crippen LogP contribution in [0.1, 0.15) is 59.1 Å². The van der Waals surface area contributed by atoms with E-state index in [0.717, 1.165) is 28.8 Å². The number of hydrogen-bond donors (Lipinski definition) is 0. The standard InChI is InChI=1S/C53H52ClF2N5O14/c1-33-38(10-5-13-47(33)70-24-23-69-2)28-58(39-18-19-39)51(62)48-43(37-16-14-34(15-17-37)9-6-22-71-50-45(56)21-20-44(55)49(50)54)27-40-29-57(52(63)74-41-11-3-7-35(25-41)31-72-60(65)66)30-46(48)59(40)53(64)75-42-12-4-8-36(26-42)32-73-61(67)68/h3-5,7-8,10-17,20-21,25-26,39-40,46H,6,9,18-19,22-24,27-32H2,1-2H3. The second-order valence-electron chi connectivity index (χ2n) is 18.0. The Morgan fingerprint density at radius 2 is 1.40 bits per heavy atom. The van der Waals surface area contributed by atoms with Crippen LogP contribution >= 0.6 is 11.6 Å². The van der Waals surface area contributed by atoms with Gasteiger partial charge in [0, 0.05) is 38.4 Å². The van der Waals surface area contributed by atoms with Crippen LogP contribution in [0.2, 0.25) is 5.02 Å². The van der Waals surface area contributed by atoms with Crippen molar-refractivity contribution in [1.29, 1.82) is 0 Å². The van der Waals surface area contributed by atoms with Crippen molar-refractivity contribution >= 4 is 35.3 Å². The summed E-state index contributed by atoms with van der Waals surface area (Å²) in [5.74, 6) is -1.58. The molecule has 5 aromatic carbocycles. The Morgan fingerprint density at radius 1 is 0.760 bits per heavy atom. The van der Waals surface area contributed by atoms with Crippen LogP contribution < -0.4 is 18.9 Å². The van der Waals surface area contributed by atoms with E-state index in [1.807, 2.05) is 49.4 Å². The molecule has 2 unspecified atom stereocenters. The van der Waals surface area contributed by atoms with Crippen LogP contribution in [0.25, 0.3) is 5.57 Å². The van der Waals surface area contributed by atoms with Gasteiger partial charge in [0.15, 0.2) is 11.6 Å². The molecular formula is C53H52ClF2N5O14. The van der Waals surface area contributed by atoms with Gasteiger partial charge in [-0.15, -0.1) is 20.2 Å². The number of ether oxygens (including phenoxy) is 5. The van der Waals surface area contributed by atoms with E-state index < -0.39 is 64.3 Å². The monoisotopic (exact) mass is 1060 g/mol. The molecule has 1 saturated carbocycles. The number of methoxy groups -OCH3 is 1. The summed E-state index contributed by atoms with van der Waals surface area (Å²) >= 11 is 5.96. The summed E-state index contributed by atoms with van der Waals surface area (Å²) in [5.41, 5.74) is 4.79. The predicted molar refractivity (Wildman–Crippen MR) is 265 cm³/mol. The maximum Gasteiger partial charge on any atom is 0.416 e. The van der Waals surface area contributed by atoms with Crippen molar-refractivity contribution in [3.63, 3.8) is 0 Å². The third-order valence-corrected chi connectivity index (χ3v) is 13.3. The van der Waals surface area contributed by atoms with Gasteiger partial charge in [0.25, 0.3) is 16.1 Å². The molecule has 0 radical (unpaired) electrons. The van der Waals surface area contributed by atoms with Gasteiger partial charge < -0.3 is 43.2 Å². The summed E-state index contributed by atoms with van der Waals surface area (Å²) in [5, 5.41) is 19.6. The molecule has 0 spiro atoms. The number of fused-ring (bicyclic) bond motifs is 2. The minimum atomic E-state index is -1.13. The van der Waals surface area contributed by atoms with E-state index in [1.165, 1.54) is 34.1 Å². The minimum Gasteiger partial charge on any atom is -0.491 e. The molecule has 19 nitrogen and oxygen atoms in total. The van der Waals surface area contributed by atoms with Crippen LogP contribution in [0, 0.1) is 38.8 Å². The van der Waals surface area contributed by atoms with Crippen molar-refractivity contribution in [1.82, 2.24) is 14.7 Å². The average molecular weight is 1060 g/mol. The summed E-state index contributed by atoms with van der Waals surface area (Å²) < 4.78 is 57.0. The van der Waals surface area contributed by atoms with Gasteiger partial charge in [0.2, 0.25) is 0 Å². The molecule has 0 aromatic heterocycles. The highest BCUT2D eigenvalue weighted by molar-refractivity contribution is 6.32. The van der Waals surface area contributed by atoms with E-state index in [1.54, 1.807) is 36.3 Å². The van der Waals surface area contributed by atoms with Crippen LogP contribution in [0.15, 0.2) is 109 Å². The zero-order valence-electron chi connectivity index (χ0n) is 40.8. The van der Waals surface area contributed by atoms with Gasteiger partial charge in [-0.3, -0.25) is 9.69 Å². The lowest BCUT2D eigenvalue weighted by molar-refractivity contribution is -0.763. The summed E-state index contributed by atoms with van der Waals surface area (Å²) in [7, 11) is 1.58. The van der Waals surface area contributed by atoms with Crippen molar-refractivity contribution in [3.05, 3.63) is 179 Å². The van der Waals surface area contributed by atoms with E-state index in [0.29, 0.717) is 66.9 Å². The van der Waals surface area contributed by atoms with Gasteiger partial charge in [-0.05, 0) is 120 Å². The highest BCUT2D eigenvalue weighted by Gasteiger charge is 2.50. The molecule has 2 fully saturated rings. The van der Waals surface area contributed by atoms with Crippen LogP contribution in [-0.4, -0.2) is 101 Å². The van der Waals surface area contributed by atoms with Crippen LogP contribution in [-0.2, 0) is 45.4 Å². The average Bonchev–Trinajstić information content (AvgIpc) is 4.24. The van der Waals surface area contributed by atoms with E-state index >= 15 is 4.79 Å². The Labute approximate surface area is 434 Å². The van der Waals surface area contributed by atoms with E-state index in [-0.39, 0.29) is 67.4 Å². The summed E-state index contributed by atoms with van der Waals surface area (Å²) in [6.07, 6.45) is 0.739. The Kier molecular flexibility index (Phi) is 17.3. The number of amides is 3. The number of carbonyl (C=O) groups is 3. The van der Waals surface area contributed by atoms with Crippen LogP contribution in [0.5, 0.6) is 23.0 Å². The molecule has 0 N–H and O–H groups in total. The molecule has 394 valence electrons. The molecule has 3 amide bonds. The Balaban J connectivity index is 1.15. The number of carbonyl (C=O) groups excluding carboxylic acids is 3. The zero-order valence-corrected chi connectivity index (χ0v) is 41.6. The lowest BCUT2D eigenvalue weighted by Crippen LogP contribution is -2.66.